The first-order valence-corrected chi connectivity index (χ1v) is 10.1. The molecule has 0 saturated carbocycles. The second kappa shape index (κ2) is 18.2. The third-order valence-electron chi connectivity index (χ3n) is 4.82. The molecule has 23 heavy (non-hydrogen) atoms. The van der Waals surface area contributed by atoms with Crippen molar-refractivity contribution >= 4 is 0 Å². The van der Waals surface area contributed by atoms with Gasteiger partial charge in [0.25, 0.3) is 0 Å². The molecule has 3 nitrogen and oxygen atoms in total. The summed E-state index contributed by atoms with van der Waals surface area (Å²) in [7, 11) is 4.44. The minimum absolute atomic E-state index is 0. The molecule has 0 rings (SSSR count). The van der Waals surface area contributed by atoms with E-state index in [2.05, 4.69) is 21.0 Å². The Morgan fingerprint density at radius 3 is 1.26 bits per heavy atom. The lowest BCUT2D eigenvalue weighted by molar-refractivity contribution is -0.890. The molecule has 0 aliphatic heterocycles. The van der Waals surface area contributed by atoms with Crippen LogP contribution in [-0.2, 0) is 0 Å². The van der Waals surface area contributed by atoms with Gasteiger partial charge in [0.1, 0.15) is 6.54 Å². The van der Waals surface area contributed by atoms with E-state index in [1.165, 1.54) is 96.4 Å². The van der Waals surface area contributed by atoms with Crippen molar-refractivity contribution in [1.82, 2.24) is 0 Å². The highest BCUT2D eigenvalue weighted by Crippen LogP contribution is 2.13. The van der Waals surface area contributed by atoms with Crippen molar-refractivity contribution in [1.29, 1.82) is 0 Å². The third kappa shape index (κ3) is 19.8. The minimum Gasteiger partial charge on any atom is -0.870 e. The average Bonchev–Trinajstić information content (AvgIpc) is 2.47. The summed E-state index contributed by atoms with van der Waals surface area (Å²) in [4.78, 5) is 0. The normalized spacial score (nSPS) is 11.5. The highest BCUT2D eigenvalue weighted by molar-refractivity contribution is 4.49. The first-order valence-electron chi connectivity index (χ1n) is 10.1. The lowest BCUT2D eigenvalue weighted by Crippen LogP contribution is -2.42. The summed E-state index contributed by atoms with van der Waals surface area (Å²) in [6.45, 7) is 4.69. The Balaban J connectivity index is 0. The van der Waals surface area contributed by atoms with E-state index in [9.17, 15) is 0 Å². The fraction of sp³-hybridized carbons (Fsp3) is 1.00. The number of quaternary nitrogens is 1. The fourth-order valence-corrected chi connectivity index (χ4v) is 3.12. The molecule has 0 aliphatic carbocycles. The van der Waals surface area contributed by atoms with E-state index >= 15 is 0 Å². The van der Waals surface area contributed by atoms with Crippen LogP contribution < -0.4 is 0 Å². The number of hydrogen-bond donors (Lipinski definition) is 1. The van der Waals surface area contributed by atoms with Gasteiger partial charge in [0.2, 0.25) is 0 Å². The van der Waals surface area contributed by atoms with Crippen LogP contribution in [0, 0.1) is 0 Å². The van der Waals surface area contributed by atoms with E-state index in [4.69, 9.17) is 5.11 Å². The van der Waals surface area contributed by atoms with Gasteiger partial charge in [0, 0.05) is 0 Å². The number of hydrogen-bond acceptors (Lipinski definition) is 2. The van der Waals surface area contributed by atoms with E-state index in [0.717, 1.165) is 11.0 Å². The molecule has 0 aliphatic rings. The smallest absolute Gasteiger partial charge is 0.102 e. The van der Waals surface area contributed by atoms with Gasteiger partial charge in [-0.25, -0.2) is 0 Å². The lowest BCUT2D eigenvalue weighted by Gasteiger charge is -2.28. The number of aliphatic hydroxyl groups is 1. The van der Waals surface area contributed by atoms with Crippen LogP contribution in [0.5, 0.6) is 0 Å². The van der Waals surface area contributed by atoms with Crippen LogP contribution in [0.25, 0.3) is 0 Å². The third-order valence-corrected chi connectivity index (χ3v) is 4.82. The van der Waals surface area contributed by atoms with Crippen molar-refractivity contribution in [2.45, 2.75) is 96.8 Å². The molecule has 0 aromatic carbocycles. The van der Waals surface area contributed by atoms with E-state index < -0.39 is 0 Å². The highest BCUT2D eigenvalue weighted by Gasteiger charge is 2.12. The maximum atomic E-state index is 9.00. The zero-order valence-electron chi connectivity index (χ0n) is 16.4. The van der Waals surface area contributed by atoms with E-state index in [0.29, 0.717) is 6.61 Å². The average molecular weight is 332 g/mol. The Morgan fingerprint density at radius 1 is 0.565 bits per heavy atom. The number of aliphatic hydroxyl groups excluding tert-OH is 1. The SMILES string of the molecule is CCCCCCCCCCCCCCCC[N+](C)(C)CCO.[OH-]. The van der Waals surface area contributed by atoms with Gasteiger partial charge in [0.05, 0.1) is 27.2 Å². The Bertz CT molecular complexity index is 220. The highest BCUT2D eigenvalue weighted by atomic mass is 16.3. The predicted molar refractivity (Wildman–Crippen MR) is 101 cm³/mol. The summed E-state index contributed by atoms with van der Waals surface area (Å²) >= 11 is 0. The van der Waals surface area contributed by atoms with Gasteiger partial charge in [-0.2, -0.15) is 0 Å². The molecule has 0 amide bonds. The molecule has 0 radical (unpaired) electrons. The summed E-state index contributed by atoms with van der Waals surface area (Å²) in [5.41, 5.74) is 0. The molecule has 2 N–H and O–H groups in total. The van der Waals surface area contributed by atoms with E-state index in [-0.39, 0.29) is 5.48 Å². The molecule has 0 atom stereocenters. The topological polar surface area (TPSA) is 50.2 Å². The largest absolute Gasteiger partial charge is 0.870 e. The molecular weight excluding hydrogens is 286 g/mol. The molecule has 0 aromatic heterocycles. The molecule has 0 saturated heterocycles. The lowest BCUT2D eigenvalue weighted by atomic mass is 10.0. The van der Waals surface area contributed by atoms with Crippen molar-refractivity contribution in [3.05, 3.63) is 0 Å². The predicted octanol–water partition coefficient (Wildman–Crippen LogP) is 5.36. The second-order valence-corrected chi connectivity index (χ2v) is 7.70. The first kappa shape index (κ1) is 25.1. The van der Waals surface area contributed by atoms with E-state index in [1.54, 1.807) is 0 Å². The van der Waals surface area contributed by atoms with Gasteiger partial charge >= 0.3 is 0 Å². The van der Waals surface area contributed by atoms with Crippen LogP contribution in [0.3, 0.4) is 0 Å². The monoisotopic (exact) mass is 331 g/mol. The van der Waals surface area contributed by atoms with Crippen LogP contribution >= 0.6 is 0 Å². The standard InChI is InChI=1S/C20H44NO.H2O/c1-4-5-6-7-8-9-10-11-12-13-14-15-16-17-18-21(2,3)19-20-22;/h22H,4-20H2,1-3H3;1H2/q+1;/p-1. The van der Waals surface area contributed by atoms with E-state index in [1.807, 2.05) is 0 Å². The molecule has 142 valence electrons. The Labute approximate surface area is 146 Å². The van der Waals surface area contributed by atoms with Gasteiger partial charge in [-0.05, 0) is 12.8 Å². The summed E-state index contributed by atoms with van der Waals surface area (Å²) < 4.78 is 0.967. The number of likely N-dealkylation sites (N-methyl/N-ethyl adjacent to an activating group) is 1. The molecule has 3 heteroatoms. The molecule has 0 bridgehead atoms. The van der Waals surface area contributed by atoms with Gasteiger partial charge in [0.15, 0.2) is 0 Å². The van der Waals surface area contributed by atoms with Gasteiger partial charge < -0.3 is 15.1 Å². The molecular formula is C20H45NO2. The molecule has 0 unspecified atom stereocenters. The number of rotatable bonds is 17. The van der Waals surface area contributed by atoms with Crippen LogP contribution in [0.2, 0.25) is 0 Å². The summed E-state index contributed by atoms with van der Waals surface area (Å²) in [5, 5.41) is 9.00. The zero-order valence-corrected chi connectivity index (χ0v) is 16.4. The maximum absolute atomic E-state index is 9.00. The van der Waals surface area contributed by atoms with Crippen molar-refractivity contribution in [2.75, 3.05) is 33.8 Å². The summed E-state index contributed by atoms with van der Waals surface area (Å²) in [5.74, 6) is 0. The summed E-state index contributed by atoms with van der Waals surface area (Å²) in [6, 6.07) is 0. The summed E-state index contributed by atoms with van der Waals surface area (Å²) in [6.07, 6.45) is 19.9. The van der Waals surface area contributed by atoms with Gasteiger partial charge in [-0.1, -0.05) is 84.0 Å². The molecule has 0 heterocycles. The second-order valence-electron chi connectivity index (χ2n) is 7.70. The number of unbranched alkanes of at least 4 members (excludes halogenated alkanes) is 13. The van der Waals surface area contributed by atoms with Gasteiger partial charge in [-0.3, -0.25) is 0 Å². The number of nitrogens with zero attached hydrogens (tertiary/aromatic N) is 1. The van der Waals surface area contributed by atoms with Crippen molar-refractivity contribution < 1.29 is 15.1 Å². The van der Waals surface area contributed by atoms with Crippen LogP contribution in [0.1, 0.15) is 96.8 Å². The van der Waals surface area contributed by atoms with Crippen LogP contribution in [0.4, 0.5) is 0 Å². The zero-order chi connectivity index (χ0) is 16.5. The van der Waals surface area contributed by atoms with Gasteiger partial charge in [-0.15, -0.1) is 0 Å². The molecule has 0 spiro atoms. The fourth-order valence-electron chi connectivity index (χ4n) is 3.12. The Kier molecular flexibility index (Phi) is 19.9. The van der Waals surface area contributed by atoms with Crippen molar-refractivity contribution in [2.24, 2.45) is 0 Å². The maximum Gasteiger partial charge on any atom is 0.102 e. The Morgan fingerprint density at radius 2 is 0.913 bits per heavy atom. The van der Waals surface area contributed by atoms with Crippen molar-refractivity contribution in [3.8, 4) is 0 Å². The Hall–Kier alpha value is -0.120. The minimum atomic E-state index is 0. The first-order chi connectivity index (χ1) is 10.6. The quantitative estimate of drug-likeness (QED) is 0.288. The molecule has 0 fully saturated rings. The van der Waals surface area contributed by atoms with Crippen LogP contribution in [0.15, 0.2) is 0 Å². The van der Waals surface area contributed by atoms with Crippen LogP contribution in [-0.4, -0.2) is 48.9 Å². The molecule has 0 aromatic rings. The van der Waals surface area contributed by atoms with Crippen molar-refractivity contribution in [3.63, 3.8) is 0 Å².